The summed E-state index contributed by atoms with van der Waals surface area (Å²) in [5, 5.41) is 8.85. The molecule has 0 amide bonds. The second-order valence-corrected chi connectivity index (χ2v) is 6.04. The van der Waals surface area contributed by atoms with Crippen LogP contribution in [0.2, 0.25) is 5.02 Å². The lowest BCUT2D eigenvalue weighted by molar-refractivity contribution is 0.222. The van der Waals surface area contributed by atoms with Gasteiger partial charge in [-0.2, -0.15) is 5.10 Å². The van der Waals surface area contributed by atoms with Crippen molar-refractivity contribution in [1.82, 2.24) is 20.0 Å². The predicted octanol–water partition coefficient (Wildman–Crippen LogP) is 2.55. The largest absolute Gasteiger partial charge is 0.309 e. The topological polar surface area (TPSA) is 33.1 Å². The zero-order valence-electron chi connectivity index (χ0n) is 12.2. The number of likely N-dealkylation sites (N-methyl/N-ethyl adjacent to an activating group) is 1. The quantitative estimate of drug-likeness (QED) is 0.835. The van der Waals surface area contributed by atoms with Crippen LogP contribution in [0.4, 0.5) is 0 Å². The Hall–Kier alpha value is -0.580. The molecule has 0 radical (unpaired) electrons. The minimum atomic E-state index is 0.357. The van der Waals surface area contributed by atoms with Crippen molar-refractivity contribution in [2.45, 2.75) is 38.8 Å². The summed E-state index contributed by atoms with van der Waals surface area (Å²) in [7, 11) is 4.16. The monoisotopic (exact) mass is 284 g/mol. The van der Waals surface area contributed by atoms with Crippen molar-refractivity contribution in [2.24, 2.45) is 5.92 Å². The summed E-state index contributed by atoms with van der Waals surface area (Å²) >= 11 is 6.38. The van der Waals surface area contributed by atoms with E-state index in [1.165, 1.54) is 25.0 Å². The van der Waals surface area contributed by atoms with E-state index in [9.17, 15) is 0 Å². The maximum Gasteiger partial charge on any atom is 0.0834 e. The number of halogens is 1. The first-order chi connectivity index (χ1) is 9.13. The fourth-order valence-corrected chi connectivity index (χ4v) is 2.89. The minimum Gasteiger partial charge on any atom is -0.309 e. The average Bonchev–Trinajstić information content (AvgIpc) is 2.65. The van der Waals surface area contributed by atoms with E-state index in [1.807, 2.05) is 0 Å². The van der Waals surface area contributed by atoms with E-state index in [-0.39, 0.29) is 0 Å². The van der Waals surface area contributed by atoms with Gasteiger partial charge in [0.1, 0.15) is 0 Å². The van der Waals surface area contributed by atoms with Crippen molar-refractivity contribution in [3.05, 3.63) is 16.9 Å². The number of nitrogens with one attached hydrogen (secondary N) is 1. The first-order valence-corrected chi connectivity index (χ1v) is 7.60. The molecule has 0 aliphatic heterocycles. The Morgan fingerprint density at radius 2 is 2.26 bits per heavy atom. The molecule has 1 fully saturated rings. The van der Waals surface area contributed by atoms with Crippen LogP contribution < -0.4 is 5.32 Å². The highest BCUT2D eigenvalue weighted by Gasteiger charge is 2.31. The minimum absolute atomic E-state index is 0.357. The second kappa shape index (κ2) is 6.73. The highest BCUT2D eigenvalue weighted by molar-refractivity contribution is 6.31. The molecule has 1 N–H and O–H groups in total. The lowest BCUT2D eigenvalue weighted by atomic mass is 9.78. The lowest BCUT2D eigenvalue weighted by Crippen LogP contribution is -2.34. The van der Waals surface area contributed by atoms with E-state index in [1.54, 1.807) is 6.20 Å². The molecule has 0 aromatic carbocycles. The van der Waals surface area contributed by atoms with Gasteiger partial charge in [0.05, 0.1) is 29.5 Å². The molecule has 4 nitrogen and oxygen atoms in total. The molecule has 0 spiro atoms. The number of nitrogens with zero attached hydrogens (tertiary/aromatic N) is 3. The van der Waals surface area contributed by atoms with Crippen LogP contribution in [0.1, 0.15) is 37.9 Å². The van der Waals surface area contributed by atoms with E-state index in [4.69, 9.17) is 11.6 Å². The van der Waals surface area contributed by atoms with Gasteiger partial charge in [-0.3, -0.25) is 4.68 Å². The summed E-state index contributed by atoms with van der Waals surface area (Å²) in [5.74, 6) is 0.715. The zero-order valence-corrected chi connectivity index (χ0v) is 13.0. The van der Waals surface area contributed by atoms with Gasteiger partial charge in [0.15, 0.2) is 0 Å². The van der Waals surface area contributed by atoms with Crippen LogP contribution in [0.25, 0.3) is 0 Å². The van der Waals surface area contributed by atoms with Gasteiger partial charge >= 0.3 is 0 Å². The molecule has 1 heterocycles. The van der Waals surface area contributed by atoms with Gasteiger partial charge in [0, 0.05) is 6.54 Å². The Morgan fingerprint density at radius 1 is 1.53 bits per heavy atom. The third-order valence-corrected chi connectivity index (χ3v) is 4.22. The second-order valence-electron chi connectivity index (χ2n) is 5.63. The molecule has 0 bridgehead atoms. The normalized spacial score (nSPS) is 17.7. The van der Waals surface area contributed by atoms with Gasteiger partial charge in [-0.1, -0.05) is 24.9 Å². The van der Waals surface area contributed by atoms with Crippen LogP contribution in [-0.2, 0) is 6.54 Å². The van der Waals surface area contributed by atoms with Crippen molar-refractivity contribution in [1.29, 1.82) is 0 Å². The third kappa shape index (κ3) is 3.50. The van der Waals surface area contributed by atoms with Gasteiger partial charge in [-0.05, 0) is 39.4 Å². The van der Waals surface area contributed by atoms with Crippen molar-refractivity contribution >= 4 is 11.6 Å². The molecule has 5 heteroatoms. The van der Waals surface area contributed by atoms with Gasteiger partial charge in [-0.25, -0.2) is 0 Å². The Morgan fingerprint density at radius 3 is 2.79 bits per heavy atom. The van der Waals surface area contributed by atoms with E-state index in [0.717, 1.165) is 24.7 Å². The number of aromatic nitrogens is 2. The molecule has 1 aliphatic rings. The number of rotatable bonds is 7. The van der Waals surface area contributed by atoms with Crippen LogP contribution in [0, 0.1) is 5.92 Å². The zero-order chi connectivity index (χ0) is 13.8. The maximum atomic E-state index is 6.38. The van der Waals surface area contributed by atoms with E-state index in [2.05, 4.69) is 41.0 Å². The molecular formula is C14H25ClN4. The molecule has 1 atom stereocenters. The number of hydrogen-bond acceptors (Lipinski definition) is 3. The van der Waals surface area contributed by atoms with Crippen molar-refractivity contribution in [2.75, 3.05) is 27.2 Å². The van der Waals surface area contributed by atoms with Gasteiger partial charge in [-0.15, -0.1) is 0 Å². The maximum absolute atomic E-state index is 6.38. The van der Waals surface area contributed by atoms with E-state index in [0.29, 0.717) is 12.0 Å². The van der Waals surface area contributed by atoms with Gasteiger partial charge in [0.25, 0.3) is 0 Å². The van der Waals surface area contributed by atoms with Crippen molar-refractivity contribution < 1.29 is 0 Å². The fraction of sp³-hybridized carbons (Fsp3) is 0.786. The van der Waals surface area contributed by atoms with Crippen LogP contribution in [0.3, 0.4) is 0 Å². The highest BCUT2D eigenvalue weighted by Crippen LogP contribution is 2.39. The standard InChI is InChI=1S/C14H25ClN4/c1-4-16-13(11-6-5-7-11)14-12(15)10-17-19(14)9-8-18(2)3/h10-11,13,16H,4-9H2,1-3H3. The van der Waals surface area contributed by atoms with Crippen LogP contribution in [0.15, 0.2) is 6.20 Å². The average molecular weight is 285 g/mol. The van der Waals surface area contributed by atoms with Gasteiger partial charge in [0.2, 0.25) is 0 Å². The predicted molar refractivity (Wildman–Crippen MR) is 79.5 cm³/mol. The number of hydrogen-bond donors (Lipinski definition) is 1. The SMILES string of the molecule is CCNC(c1c(Cl)cnn1CCN(C)C)C1CCC1. The van der Waals surface area contributed by atoms with Crippen LogP contribution in [0.5, 0.6) is 0 Å². The van der Waals surface area contributed by atoms with E-state index >= 15 is 0 Å². The van der Waals surface area contributed by atoms with Crippen molar-refractivity contribution in [3.8, 4) is 0 Å². The molecular weight excluding hydrogens is 260 g/mol. The molecule has 1 aromatic rings. The molecule has 19 heavy (non-hydrogen) atoms. The smallest absolute Gasteiger partial charge is 0.0834 e. The Bertz CT molecular complexity index is 398. The molecule has 1 aromatic heterocycles. The Kier molecular flexibility index (Phi) is 5.25. The first kappa shape index (κ1) is 14.8. The van der Waals surface area contributed by atoms with E-state index < -0.39 is 0 Å². The highest BCUT2D eigenvalue weighted by atomic mass is 35.5. The lowest BCUT2D eigenvalue weighted by Gasteiger charge is -2.35. The summed E-state index contributed by atoms with van der Waals surface area (Å²) < 4.78 is 2.08. The molecule has 1 aliphatic carbocycles. The molecule has 1 unspecified atom stereocenters. The molecule has 0 saturated heterocycles. The molecule has 1 saturated carbocycles. The summed E-state index contributed by atoms with van der Waals surface area (Å²) in [6, 6.07) is 0.357. The van der Waals surface area contributed by atoms with Crippen LogP contribution >= 0.6 is 11.6 Å². The summed E-state index contributed by atoms with van der Waals surface area (Å²) in [6.45, 7) is 4.99. The Labute approximate surface area is 121 Å². The first-order valence-electron chi connectivity index (χ1n) is 7.22. The van der Waals surface area contributed by atoms with Crippen LogP contribution in [-0.4, -0.2) is 41.9 Å². The third-order valence-electron chi connectivity index (χ3n) is 3.93. The fourth-order valence-electron chi connectivity index (χ4n) is 2.63. The summed E-state index contributed by atoms with van der Waals surface area (Å²) in [5.41, 5.74) is 1.18. The van der Waals surface area contributed by atoms with Crippen molar-refractivity contribution in [3.63, 3.8) is 0 Å². The molecule has 2 rings (SSSR count). The Balaban J connectivity index is 2.17. The summed E-state index contributed by atoms with van der Waals surface area (Å²) in [6.07, 6.45) is 5.73. The molecule has 108 valence electrons. The van der Waals surface area contributed by atoms with Gasteiger partial charge < -0.3 is 10.2 Å². The summed E-state index contributed by atoms with van der Waals surface area (Å²) in [4.78, 5) is 2.17.